The lowest BCUT2D eigenvalue weighted by molar-refractivity contribution is 1.22. The monoisotopic (exact) mass is 268 g/mol. The second-order valence-corrected chi connectivity index (χ2v) is 4.74. The lowest BCUT2D eigenvalue weighted by Gasteiger charge is -2.02. The van der Waals surface area contributed by atoms with Gasteiger partial charge in [-0.1, -0.05) is 0 Å². The third kappa shape index (κ3) is 1.67. The van der Waals surface area contributed by atoms with Crippen molar-refractivity contribution in [2.24, 2.45) is 0 Å². The summed E-state index contributed by atoms with van der Waals surface area (Å²) in [4.78, 5) is 5.58. The fourth-order valence-electron chi connectivity index (χ4n) is 1.17. The lowest BCUT2D eigenvalue weighted by Crippen LogP contribution is -1.93. The minimum absolute atomic E-state index is 0.737. The third-order valence-electron chi connectivity index (χ3n) is 1.98. The highest BCUT2D eigenvalue weighted by Gasteiger charge is 2.06. The Morgan fingerprint density at radius 1 is 1.36 bits per heavy atom. The number of nitrogens with two attached hydrogens (primary N) is 1. The number of aryl methyl sites for hydroxylation is 1. The number of thiophene rings is 1. The quantitative estimate of drug-likeness (QED) is 0.861. The second-order valence-electron chi connectivity index (χ2n) is 2.97. The number of aromatic nitrogens is 1. The molecule has 4 heteroatoms. The van der Waals surface area contributed by atoms with E-state index in [0.29, 0.717) is 0 Å². The van der Waals surface area contributed by atoms with Gasteiger partial charge in [-0.15, -0.1) is 11.3 Å². The van der Waals surface area contributed by atoms with Gasteiger partial charge in [0.05, 0.1) is 22.0 Å². The summed E-state index contributed by atoms with van der Waals surface area (Å²) < 4.78 is 1.08. The Balaban J connectivity index is 2.53. The fraction of sp³-hybridized carbons (Fsp3) is 0.100. The van der Waals surface area contributed by atoms with E-state index in [1.807, 2.05) is 30.5 Å². The first-order valence-corrected chi connectivity index (χ1v) is 5.82. The SMILES string of the molecule is Cc1nc(-c2sccc2Br)ccc1N. The van der Waals surface area contributed by atoms with Crippen LogP contribution in [0.4, 0.5) is 5.69 Å². The second kappa shape index (κ2) is 3.71. The number of rotatable bonds is 1. The van der Waals surface area contributed by atoms with Crippen LogP contribution in [0.2, 0.25) is 0 Å². The molecular weight excluding hydrogens is 260 g/mol. The van der Waals surface area contributed by atoms with Gasteiger partial charge in [0.2, 0.25) is 0 Å². The summed E-state index contributed by atoms with van der Waals surface area (Å²) in [6, 6.07) is 5.86. The number of pyridine rings is 1. The topological polar surface area (TPSA) is 38.9 Å². The summed E-state index contributed by atoms with van der Waals surface area (Å²) in [6.07, 6.45) is 0. The highest BCUT2D eigenvalue weighted by atomic mass is 79.9. The van der Waals surface area contributed by atoms with E-state index in [2.05, 4.69) is 20.9 Å². The Labute approximate surface area is 94.9 Å². The number of hydrogen-bond donors (Lipinski definition) is 1. The van der Waals surface area contributed by atoms with Crippen molar-refractivity contribution in [3.63, 3.8) is 0 Å². The largest absolute Gasteiger partial charge is 0.397 e. The van der Waals surface area contributed by atoms with Crippen molar-refractivity contribution < 1.29 is 0 Å². The fourth-order valence-corrected chi connectivity index (χ4v) is 2.72. The van der Waals surface area contributed by atoms with Crippen LogP contribution >= 0.6 is 27.3 Å². The van der Waals surface area contributed by atoms with Crippen molar-refractivity contribution in [3.8, 4) is 10.6 Å². The summed E-state index contributed by atoms with van der Waals surface area (Å²) in [5, 5.41) is 2.03. The lowest BCUT2D eigenvalue weighted by atomic mass is 10.2. The van der Waals surface area contributed by atoms with Gasteiger partial charge in [-0.05, 0) is 46.4 Å². The Kier molecular flexibility index (Phi) is 2.56. The van der Waals surface area contributed by atoms with Crippen LogP contribution in [-0.4, -0.2) is 4.98 Å². The summed E-state index contributed by atoms with van der Waals surface area (Å²) in [5.74, 6) is 0. The first-order chi connectivity index (χ1) is 6.68. The van der Waals surface area contributed by atoms with Crippen molar-refractivity contribution in [2.45, 2.75) is 6.92 Å². The molecule has 0 saturated carbocycles. The molecule has 0 atom stereocenters. The molecule has 0 aliphatic carbocycles. The Hall–Kier alpha value is -0.870. The Morgan fingerprint density at radius 2 is 2.14 bits per heavy atom. The van der Waals surface area contributed by atoms with Crippen LogP contribution in [0, 0.1) is 6.92 Å². The Morgan fingerprint density at radius 3 is 2.71 bits per heavy atom. The molecule has 2 N–H and O–H groups in total. The minimum atomic E-state index is 0.737. The molecule has 2 nitrogen and oxygen atoms in total. The van der Waals surface area contributed by atoms with Crippen LogP contribution in [0.25, 0.3) is 10.6 Å². The molecule has 2 aromatic rings. The molecule has 0 spiro atoms. The van der Waals surface area contributed by atoms with Gasteiger partial charge in [0, 0.05) is 4.47 Å². The molecular formula is C10H9BrN2S. The van der Waals surface area contributed by atoms with Crippen molar-refractivity contribution in [1.29, 1.82) is 0 Å². The molecule has 0 bridgehead atoms. The van der Waals surface area contributed by atoms with Crippen LogP contribution in [0.15, 0.2) is 28.1 Å². The van der Waals surface area contributed by atoms with Gasteiger partial charge in [0.25, 0.3) is 0 Å². The molecule has 0 saturated heterocycles. The van der Waals surface area contributed by atoms with Crippen molar-refractivity contribution in [2.75, 3.05) is 5.73 Å². The number of nitrogens with zero attached hydrogens (tertiary/aromatic N) is 1. The molecule has 2 heterocycles. The van der Waals surface area contributed by atoms with Gasteiger partial charge < -0.3 is 5.73 Å². The van der Waals surface area contributed by atoms with Gasteiger partial charge in [-0.25, -0.2) is 0 Å². The molecule has 0 amide bonds. The molecule has 72 valence electrons. The average molecular weight is 269 g/mol. The van der Waals surface area contributed by atoms with Crippen LogP contribution in [-0.2, 0) is 0 Å². The highest BCUT2D eigenvalue weighted by Crippen LogP contribution is 2.32. The van der Waals surface area contributed by atoms with E-state index >= 15 is 0 Å². The molecule has 0 aliphatic rings. The van der Waals surface area contributed by atoms with Gasteiger partial charge >= 0.3 is 0 Å². The summed E-state index contributed by atoms with van der Waals surface area (Å²) >= 11 is 5.15. The summed E-state index contributed by atoms with van der Waals surface area (Å²) in [7, 11) is 0. The molecule has 2 rings (SSSR count). The van der Waals surface area contributed by atoms with E-state index < -0.39 is 0 Å². The van der Waals surface area contributed by atoms with E-state index in [4.69, 9.17) is 5.73 Å². The van der Waals surface area contributed by atoms with Crippen LogP contribution in [0.1, 0.15) is 5.69 Å². The van der Waals surface area contributed by atoms with E-state index in [9.17, 15) is 0 Å². The molecule has 0 fully saturated rings. The van der Waals surface area contributed by atoms with E-state index in [0.717, 1.165) is 26.4 Å². The summed E-state index contributed by atoms with van der Waals surface area (Å²) in [6.45, 7) is 1.92. The highest BCUT2D eigenvalue weighted by molar-refractivity contribution is 9.10. The smallest absolute Gasteiger partial charge is 0.0818 e. The van der Waals surface area contributed by atoms with Crippen molar-refractivity contribution >= 4 is 33.0 Å². The predicted octanol–water partition coefficient (Wildman–Crippen LogP) is 3.46. The molecule has 2 aromatic heterocycles. The van der Waals surface area contributed by atoms with Gasteiger partial charge in [-0.3, -0.25) is 4.98 Å². The minimum Gasteiger partial charge on any atom is -0.397 e. The van der Waals surface area contributed by atoms with Crippen LogP contribution in [0.5, 0.6) is 0 Å². The van der Waals surface area contributed by atoms with Crippen LogP contribution < -0.4 is 5.73 Å². The van der Waals surface area contributed by atoms with Crippen molar-refractivity contribution in [1.82, 2.24) is 4.98 Å². The maximum absolute atomic E-state index is 5.71. The molecule has 14 heavy (non-hydrogen) atoms. The van der Waals surface area contributed by atoms with E-state index in [-0.39, 0.29) is 0 Å². The van der Waals surface area contributed by atoms with Crippen molar-refractivity contribution in [3.05, 3.63) is 33.7 Å². The van der Waals surface area contributed by atoms with E-state index in [1.165, 1.54) is 0 Å². The molecule has 0 aliphatic heterocycles. The first kappa shape index (κ1) is 9.68. The average Bonchev–Trinajstić information content (AvgIpc) is 2.57. The zero-order valence-corrected chi connectivity index (χ0v) is 10.0. The van der Waals surface area contributed by atoms with Gasteiger partial charge in [-0.2, -0.15) is 0 Å². The number of halogens is 1. The maximum atomic E-state index is 5.71. The molecule has 0 unspecified atom stereocenters. The maximum Gasteiger partial charge on any atom is 0.0818 e. The standard InChI is InChI=1S/C10H9BrN2S/c1-6-8(12)2-3-9(13-6)10-7(11)4-5-14-10/h2-5H,12H2,1H3. The Bertz CT molecular complexity index is 465. The zero-order valence-electron chi connectivity index (χ0n) is 7.62. The summed E-state index contributed by atoms with van der Waals surface area (Å²) in [5.41, 5.74) is 8.30. The molecule has 0 radical (unpaired) electrons. The number of hydrogen-bond acceptors (Lipinski definition) is 3. The normalized spacial score (nSPS) is 10.4. The van der Waals surface area contributed by atoms with E-state index in [1.54, 1.807) is 11.3 Å². The predicted molar refractivity (Wildman–Crippen MR) is 64.4 cm³/mol. The van der Waals surface area contributed by atoms with Gasteiger partial charge in [0.1, 0.15) is 0 Å². The zero-order chi connectivity index (χ0) is 10.1. The number of anilines is 1. The third-order valence-corrected chi connectivity index (χ3v) is 3.84. The molecule has 0 aromatic carbocycles. The van der Waals surface area contributed by atoms with Gasteiger partial charge in [0.15, 0.2) is 0 Å². The van der Waals surface area contributed by atoms with Crippen LogP contribution in [0.3, 0.4) is 0 Å². The number of nitrogen functional groups attached to an aromatic ring is 1. The first-order valence-electron chi connectivity index (χ1n) is 4.15.